The molecule has 0 radical (unpaired) electrons. The molecule has 1 aliphatic heterocycles. The van der Waals surface area contributed by atoms with Gasteiger partial charge < -0.3 is 15.1 Å². The van der Waals surface area contributed by atoms with E-state index >= 15 is 0 Å². The van der Waals surface area contributed by atoms with Crippen LogP contribution in [0, 0.1) is 6.92 Å². The molecule has 0 bridgehead atoms. The van der Waals surface area contributed by atoms with E-state index in [1.54, 1.807) is 4.90 Å². The minimum atomic E-state index is 0.0617. The van der Waals surface area contributed by atoms with Gasteiger partial charge in [-0.2, -0.15) is 0 Å². The fourth-order valence-electron chi connectivity index (χ4n) is 3.07. The molecule has 0 atom stereocenters. The summed E-state index contributed by atoms with van der Waals surface area (Å²) >= 11 is 7.93. The summed E-state index contributed by atoms with van der Waals surface area (Å²) < 4.78 is 0. The zero-order chi connectivity index (χ0) is 16.9. The first-order valence-electron chi connectivity index (χ1n) is 8.35. The van der Waals surface area contributed by atoms with Crippen LogP contribution in [0.5, 0.6) is 0 Å². The molecule has 1 aliphatic rings. The van der Waals surface area contributed by atoms with Gasteiger partial charge in [0.1, 0.15) is 32.7 Å². The standard InChI is InChI=1S/C18H22ClN3OS/c1-14-4-5-15(11-17(14)19)20-18(23)13-22-8-6-21(7-9-22)12-16-3-2-10-24-16/h2-5,10-11H,6-9,12-13H2,1H3,(H,20,23)/p+2. The van der Waals surface area contributed by atoms with Crippen molar-refractivity contribution in [2.75, 3.05) is 38.0 Å². The lowest BCUT2D eigenvalue weighted by atomic mass is 10.2. The van der Waals surface area contributed by atoms with Crippen molar-refractivity contribution < 1.29 is 14.6 Å². The lowest BCUT2D eigenvalue weighted by Gasteiger charge is -2.29. The van der Waals surface area contributed by atoms with Crippen LogP contribution >= 0.6 is 22.9 Å². The molecule has 4 nitrogen and oxygen atoms in total. The lowest BCUT2D eigenvalue weighted by Crippen LogP contribution is -3.28. The number of amides is 1. The number of hydrogen-bond acceptors (Lipinski definition) is 2. The van der Waals surface area contributed by atoms with E-state index in [9.17, 15) is 4.79 Å². The quantitative estimate of drug-likeness (QED) is 0.714. The van der Waals surface area contributed by atoms with Crippen LogP contribution in [0.1, 0.15) is 10.4 Å². The second-order valence-electron chi connectivity index (χ2n) is 6.45. The number of thiophene rings is 1. The third kappa shape index (κ3) is 4.80. The molecule has 0 aliphatic carbocycles. The van der Waals surface area contributed by atoms with E-state index in [4.69, 9.17) is 11.6 Å². The van der Waals surface area contributed by atoms with Crippen LogP contribution in [0.2, 0.25) is 5.02 Å². The third-order valence-corrected chi connectivity index (χ3v) is 5.82. The van der Waals surface area contributed by atoms with Gasteiger partial charge in [0.2, 0.25) is 0 Å². The first-order valence-corrected chi connectivity index (χ1v) is 9.61. The number of nitrogens with one attached hydrogen (secondary N) is 3. The van der Waals surface area contributed by atoms with Crippen LogP contribution in [0.3, 0.4) is 0 Å². The Kier molecular flexibility index (Phi) is 5.89. The number of carbonyl (C=O) groups is 1. The zero-order valence-electron chi connectivity index (χ0n) is 13.9. The van der Waals surface area contributed by atoms with Crippen molar-refractivity contribution in [3.63, 3.8) is 0 Å². The van der Waals surface area contributed by atoms with E-state index in [-0.39, 0.29) is 5.91 Å². The SMILES string of the molecule is Cc1ccc(NC(=O)C[NH+]2CC[NH+](Cc3cccs3)CC2)cc1Cl. The largest absolute Gasteiger partial charge is 0.321 e. The van der Waals surface area contributed by atoms with Gasteiger partial charge in [-0.05, 0) is 36.1 Å². The predicted molar refractivity (Wildman–Crippen MR) is 99.1 cm³/mol. The van der Waals surface area contributed by atoms with E-state index in [1.165, 1.54) is 9.78 Å². The Bertz CT molecular complexity index is 682. The minimum absolute atomic E-state index is 0.0617. The highest BCUT2D eigenvalue weighted by molar-refractivity contribution is 7.09. The first-order chi connectivity index (χ1) is 11.6. The minimum Gasteiger partial charge on any atom is -0.321 e. The van der Waals surface area contributed by atoms with Gasteiger partial charge in [0, 0.05) is 10.7 Å². The molecule has 1 fully saturated rings. The molecule has 0 saturated carbocycles. The number of quaternary nitrogens is 2. The highest BCUT2D eigenvalue weighted by Crippen LogP contribution is 2.19. The summed E-state index contributed by atoms with van der Waals surface area (Å²) in [6, 6.07) is 9.96. The van der Waals surface area contributed by atoms with Crippen LogP contribution in [0.25, 0.3) is 0 Å². The maximum absolute atomic E-state index is 12.2. The second-order valence-corrected chi connectivity index (χ2v) is 7.88. The average molecular weight is 366 g/mol. The van der Waals surface area contributed by atoms with E-state index in [0.717, 1.165) is 44.0 Å². The summed E-state index contributed by atoms with van der Waals surface area (Å²) in [4.78, 5) is 16.7. The molecule has 1 amide bonds. The van der Waals surface area contributed by atoms with E-state index < -0.39 is 0 Å². The summed E-state index contributed by atoms with van der Waals surface area (Å²) in [6.45, 7) is 7.92. The molecule has 128 valence electrons. The van der Waals surface area contributed by atoms with Crippen molar-refractivity contribution in [2.24, 2.45) is 0 Å². The summed E-state index contributed by atoms with van der Waals surface area (Å²) in [6.07, 6.45) is 0. The molecule has 6 heteroatoms. The molecule has 0 unspecified atom stereocenters. The number of carbonyl (C=O) groups excluding carboxylic acids is 1. The van der Waals surface area contributed by atoms with Gasteiger partial charge in [0.15, 0.2) is 6.54 Å². The zero-order valence-corrected chi connectivity index (χ0v) is 15.5. The van der Waals surface area contributed by atoms with Crippen molar-refractivity contribution >= 4 is 34.5 Å². The Morgan fingerprint density at radius 2 is 1.96 bits per heavy atom. The number of anilines is 1. The Hall–Kier alpha value is -1.40. The van der Waals surface area contributed by atoms with Crippen LogP contribution in [0.15, 0.2) is 35.7 Å². The van der Waals surface area contributed by atoms with Crippen molar-refractivity contribution in [2.45, 2.75) is 13.5 Å². The molecular weight excluding hydrogens is 342 g/mol. The molecule has 1 saturated heterocycles. The van der Waals surface area contributed by atoms with Crippen molar-refractivity contribution in [1.29, 1.82) is 0 Å². The molecule has 2 aromatic rings. The number of halogens is 1. The molecule has 2 heterocycles. The highest BCUT2D eigenvalue weighted by atomic mass is 35.5. The van der Waals surface area contributed by atoms with E-state index in [1.807, 2.05) is 36.5 Å². The Morgan fingerprint density at radius 1 is 1.21 bits per heavy atom. The lowest BCUT2D eigenvalue weighted by molar-refractivity contribution is -1.01. The molecule has 3 rings (SSSR count). The average Bonchev–Trinajstić information content (AvgIpc) is 3.06. The Balaban J connectivity index is 1.43. The molecule has 3 N–H and O–H groups in total. The molecule has 0 spiro atoms. The van der Waals surface area contributed by atoms with Crippen LogP contribution < -0.4 is 15.1 Å². The van der Waals surface area contributed by atoms with E-state index in [2.05, 4.69) is 22.8 Å². The highest BCUT2D eigenvalue weighted by Gasteiger charge is 2.25. The number of piperazine rings is 1. The maximum Gasteiger partial charge on any atom is 0.279 e. The fourth-order valence-corrected chi connectivity index (χ4v) is 4.03. The van der Waals surface area contributed by atoms with Crippen molar-refractivity contribution in [3.05, 3.63) is 51.2 Å². The van der Waals surface area contributed by atoms with Crippen molar-refractivity contribution in [3.8, 4) is 0 Å². The van der Waals surface area contributed by atoms with Gasteiger partial charge in [-0.25, -0.2) is 0 Å². The van der Waals surface area contributed by atoms with Crippen LogP contribution in [-0.2, 0) is 11.3 Å². The van der Waals surface area contributed by atoms with Gasteiger partial charge in [0.05, 0.1) is 4.88 Å². The van der Waals surface area contributed by atoms with Gasteiger partial charge in [-0.15, -0.1) is 11.3 Å². The van der Waals surface area contributed by atoms with Gasteiger partial charge in [0.25, 0.3) is 5.91 Å². The normalized spacial score (nSPS) is 20.8. The molecule has 24 heavy (non-hydrogen) atoms. The number of aryl methyl sites for hydroxylation is 1. The topological polar surface area (TPSA) is 38.0 Å². The van der Waals surface area contributed by atoms with Gasteiger partial charge in [-0.3, -0.25) is 4.79 Å². The van der Waals surface area contributed by atoms with Crippen molar-refractivity contribution in [1.82, 2.24) is 0 Å². The monoisotopic (exact) mass is 365 g/mol. The summed E-state index contributed by atoms with van der Waals surface area (Å²) in [5.41, 5.74) is 1.79. The molecular formula is C18H24ClN3OS+2. The first kappa shape index (κ1) is 17.4. The van der Waals surface area contributed by atoms with E-state index in [0.29, 0.717) is 11.6 Å². The number of rotatable bonds is 5. The number of benzene rings is 1. The maximum atomic E-state index is 12.2. The van der Waals surface area contributed by atoms with Crippen LogP contribution in [0.4, 0.5) is 5.69 Å². The van der Waals surface area contributed by atoms with Gasteiger partial charge >= 0.3 is 0 Å². The Morgan fingerprint density at radius 3 is 2.62 bits per heavy atom. The smallest absolute Gasteiger partial charge is 0.279 e. The second kappa shape index (κ2) is 8.12. The molecule has 1 aromatic carbocycles. The summed E-state index contributed by atoms with van der Waals surface area (Å²) in [7, 11) is 0. The van der Waals surface area contributed by atoms with Gasteiger partial charge in [-0.1, -0.05) is 23.7 Å². The number of hydrogen-bond donors (Lipinski definition) is 3. The van der Waals surface area contributed by atoms with Crippen LogP contribution in [-0.4, -0.2) is 38.6 Å². The Labute approximate surface area is 152 Å². The fraction of sp³-hybridized carbons (Fsp3) is 0.389. The predicted octanol–water partition coefficient (Wildman–Crippen LogP) is 0.632. The summed E-state index contributed by atoms with van der Waals surface area (Å²) in [5, 5.41) is 5.78. The summed E-state index contributed by atoms with van der Waals surface area (Å²) in [5.74, 6) is 0.0617. The third-order valence-electron chi connectivity index (χ3n) is 4.53. The molecule has 1 aromatic heterocycles.